The molecule has 8 nitrogen and oxygen atoms in total. The number of hydrogen-bond acceptors (Lipinski definition) is 6. The summed E-state index contributed by atoms with van der Waals surface area (Å²) in [5, 5.41) is 3.83. The molecule has 1 aromatic carbocycles. The summed E-state index contributed by atoms with van der Waals surface area (Å²) < 4.78 is 25.7. The highest BCUT2D eigenvalue weighted by atomic mass is 35.5. The van der Waals surface area contributed by atoms with Crippen LogP contribution in [0.25, 0.3) is 0 Å². The van der Waals surface area contributed by atoms with Gasteiger partial charge < -0.3 is 10.2 Å². The number of nitrogens with one attached hydrogen (secondary N) is 1. The first-order chi connectivity index (χ1) is 14.3. The Morgan fingerprint density at radius 3 is 2.77 bits per heavy atom. The third-order valence-electron chi connectivity index (χ3n) is 5.32. The van der Waals surface area contributed by atoms with E-state index in [1.807, 2.05) is 0 Å². The number of amides is 2. The van der Waals surface area contributed by atoms with Crippen LogP contribution in [0, 0.1) is 5.92 Å². The van der Waals surface area contributed by atoms with Crippen LogP contribution in [0.3, 0.4) is 0 Å². The van der Waals surface area contributed by atoms with Crippen LogP contribution in [-0.2, 0) is 32.6 Å². The first-order valence-corrected chi connectivity index (χ1v) is 12.4. The molecule has 0 aliphatic carbocycles. The number of benzene rings is 1. The molecule has 0 radical (unpaired) electrons. The lowest BCUT2D eigenvalue weighted by Gasteiger charge is -2.24. The topological polar surface area (TPSA) is 99.7 Å². The predicted octanol–water partition coefficient (Wildman–Crippen LogP) is 2.50. The molecular weight excluding hydrogens is 448 g/mol. The van der Waals surface area contributed by atoms with E-state index in [1.165, 1.54) is 15.6 Å². The molecule has 4 rings (SSSR count). The van der Waals surface area contributed by atoms with Crippen LogP contribution in [0.15, 0.2) is 24.3 Å². The fourth-order valence-corrected chi connectivity index (χ4v) is 5.90. The van der Waals surface area contributed by atoms with Gasteiger partial charge in [-0.3, -0.25) is 9.59 Å². The van der Waals surface area contributed by atoms with Gasteiger partial charge in [0.25, 0.3) is 0 Å². The zero-order chi connectivity index (χ0) is 21.5. The fraction of sp³-hybridized carbons (Fsp3) is 0.421. The van der Waals surface area contributed by atoms with E-state index in [-0.39, 0.29) is 30.5 Å². The van der Waals surface area contributed by atoms with Gasteiger partial charge in [0.2, 0.25) is 21.8 Å². The third kappa shape index (κ3) is 4.22. The van der Waals surface area contributed by atoms with Crippen LogP contribution in [-0.4, -0.2) is 48.4 Å². The third-order valence-corrected chi connectivity index (χ3v) is 8.40. The van der Waals surface area contributed by atoms with Crippen molar-refractivity contribution in [3.05, 3.63) is 39.9 Å². The molecule has 2 aliphatic rings. The summed E-state index contributed by atoms with van der Waals surface area (Å²) in [5.41, 5.74) is 1.53. The Morgan fingerprint density at radius 2 is 2.07 bits per heavy atom. The SMILES string of the molecule is CCS(=O)(=O)N1CCc2nc(NC(=O)C3CC(=O)N(c4ccc(Cl)cc4)C3)sc2C1. The fourth-order valence-electron chi connectivity index (χ4n) is 3.61. The Hall–Kier alpha value is -2.01. The number of thiazole rings is 1. The number of rotatable bonds is 5. The summed E-state index contributed by atoms with van der Waals surface area (Å²) in [6.45, 7) is 2.60. The Bertz CT molecular complexity index is 1080. The Morgan fingerprint density at radius 1 is 1.33 bits per heavy atom. The van der Waals surface area contributed by atoms with Crippen molar-refractivity contribution >= 4 is 55.6 Å². The van der Waals surface area contributed by atoms with Crippen molar-refractivity contribution in [1.29, 1.82) is 0 Å². The van der Waals surface area contributed by atoms with E-state index in [0.29, 0.717) is 35.4 Å². The van der Waals surface area contributed by atoms with Crippen molar-refractivity contribution < 1.29 is 18.0 Å². The molecule has 3 heterocycles. The Balaban J connectivity index is 1.42. The maximum atomic E-state index is 12.7. The van der Waals surface area contributed by atoms with Gasteiger partial charge in [0, 0.05) is 48.1 Å². The summed E-state index contributed by atoms with van der Waals surface area (Å²) in [6, 6.07) is 6.93. The number of carbonyl (C=O) groups is 2. The second-order valence-corrected chi connectivity index (χ2v) is 11.0. The molecule has 0 bridgehead atoms. The van der Waals surface area contributed by atoms with Crippen molar-refractivity contribution in [2.45, 2.75) is 26.3 Å². The van der Waals surface area contributed by atoms with Gasteiger partial charge in [0.05, 0.1) is 17.4 Å². The number of anilines is 2. The minimum Gasteiger partial charge on any atom is -0.312 e. The smallest absolute Gasteiger partial charge is 0.231 e. The highest BCUT2D eigenvalue weighted by Crippen LogP contribution is 2.31. The number of halogens is 1. The van der Waals surface area contributed by atoms with E-state index in [9.17, 15) is 18.0 Å². The van der Waals surface area contributed by atoms with Gasteiger partial charge >= 0.3 is 0 Å². The second kappa shape index (κ2) is 8.26. The van der Waals surface area contributed by atoms with Crippen LogP contribution >= 0.6 is 22.9 Å². The Kier molecular flexibility index (Phi) is 5.84. The lowest BCUT2D eigenvalue weighted by Crippen LogP contribution is -2.36. The van der Waals surface area contributed by atoms with Crippen LogP contribution in [0.2, 0.25) is 5.02 Å². The summed E-state index contributed by atoms with van der Waals surface area (Å²) in [4.78, 5) is 32.0. The largest absolute Gasteiger partial charge is 0.312 e. The number of fused-ring (bicyclic) bond motifs is 1. The second-order valence-electron chi connectivity index (χ2n) is 7.24. The van der Waals surface area contributed by atoms with E-state index in [4.69, 9.17) is 11.6 Å². The Labute approximate surface area is 183 Å². The molecule has 1 unspecified atom stereocenters. The number of aromatic nitrogens is 1. The molecule has 30 heavy (non-hydrogen) atoms. The van der Waals surface area contributed by atoms with E-state index < -0.39 is 15.9 Å². The highest BCUT2D eigenvalue weighted by molar-refractivity contribution is 7.89. The minimum absolute atomic E-state index is 0.0601. The van der Waals surface area contributed by atoms with E-state index in [2.05, 4.69) is 10.3 Å². The highest BCUT2D eigenvalue weighted by Gasteiger charge is 2.36. The van der Waals surface area contributed by atoms with Crippen molar-refractivity contribution in [2.24, 2.45) is 5.92 Å². The number of hydrogen-bond donors (Lipinski definition) is 1. The molecule has 11 heteroatoms. The molecule has 1 N–H and O–H groups in total. The molecule has 2 aromatic rings. The molecule has 1 fully saturated rings. The molecule has 1 atom stereocenters. The lowest BCUT2D eigenvalue weighted by molar-refractivity contribution is -0.122. The van der Waals surface area contributed by atoms with Crippen molar-refractivity contribution in [1.82, 2.24) is 9.29 Å². The van der Waals surface area contributed by atoms with E-state index >= 15 is 0 Å². The summed E-state index contributed by atoms with van der Waals surface area (Å²) in [7, 11) is -3.26. The quantitative estimate of drug-likeness (QED) is 0.726. The maximum Gasteiger partial charge on any atom is 0.231 e. The first kappa shape index (κ1) is 21.2. The molecule has 0 spiro atoms. The van der Waals surface area contributed by atoms with Gasteiger partial charge in [-0.15, -0.1) is 11.3 Å². The summed E-state index contributed by atoms with van der Waals surface area (Å²) in [5.74, 6) is -0.795. The van der Waals surface area contributed by atoms with Gasteiger partial charge in [-0.2, -0.15) is 4.31 Å². The minimum atomic E-state index is -3.26. The zero-order valence-electron chi connectivity index (χ0n) is 16.3. The monoisotopic (exact) mass is 468 g/mol. The number of carbonyl (C=O) groups excluding carboxylic acids is 2. The first-order valence-electron chi connectivity index (χ1n) is 9.60. The normalized spacial score (nSPS) is 19.7. The predicted molar refractivity (Wildman–Crippen MR) is 116 cm³/mol. The standard InChI is InChI=1S/C19H21ClN4O4S2/c1-2-30(27,28)23-8-7-15-16(11-23)29-19(21-15)22-18(26)12-9-17(25)24(10-12)14-5-3-13(20)4-6-14/h3-6,12H,2,7-11H2,1H3,(H,21,22,26). The van der Waals surface area contributed by atoms with Gasteiger partial charge in [-0.1, -0.05) is 11.6 Å². The number of nitrogens with zero attached hydrogens (tertiary/aromatic N) is 3. The van der Waals surface area contributed by atoms with Crippen molar-refractivity contribution in [2.75, 3.05) is 29.1 Å². The maximum absolute atomic E-state index is 12.7. The lowest BCUT2D eigenvalue weighted by atomic mass is 10.1. The summed E-state index contributed by atoms with van der Waals surface area (Å²) >= 11 is 7.19. The van der Waals surface area contributed by atoms with Crippen molar-refractivity contribution in [3.8, 4) is 0 Å². The molecule has 160 valence electrons. The summed E-state index contributed by atoms with van der Waals surface area (Å²) in [6.07, 6.45) is 0.648. The van der Waals surface area contributed by atoms with Crippen LogP contribution in [0.1, 0.15) is 23.9 Å². The molecule has 1 aromatic heterocycles. The van der Waals surface area contributed by atoms with Crippen LogP contribution < -0.4 is 10.2 Å². The van der Waals surface area contributed by atoms with Gasteiger partial charge in [-0.05, 0) is 31.2 Å². The molecule has 0 saturated carbocycles. The molecular formula is C19H21ClN4O4S2. The van der Waals surface area contributed by atoms with Crippen LogP contribution in [0.5, 0.6) is 0 Å². The molecule has 2 amide bonds. The molecule has 2 aliphatic heterocycles. The van der Waals surface area contributed by atoms with E-state index in [0.717, 1.165) is 10.6 Å². The van der Waals surface area contributed by atoms with Gasteiger partial charge in [-0.25, -0.2) is 13.4 Å². The number of sulfonamides is 1. The van der Waals surface area contributed by atoms with Crippen LogP contribution in [0.4, 0.5) is 10.8 Å². The average molecular weight is 469 g/mol. The molecule has 1 saturated heterocycles. The van der Waals surface area contributed by atoms with Gasteiger partial charge in [0.15, 0.2) is 5.13 Å². The zero-order valence-corrected chi connectivity index (χ0v) is 18.7. The average Bonchev–Trinajstić information content (AvgIpc) is 3.30. The van der Waals surface area contributed by atoms with E-state index in [1.54, 1.807) is 36.1 Å². The van der Waals surface area contributed by atoms with Crippen molar-refractivity contribution in [3.63, 3.8) is 0 Å². The van der Waals surface area contributed by atoms with Gasteiger partial charge in [0.1, 0.15) is 0 Å².